The number of benzene rings is 1. The molecule has 0 aliphatic heterocycles. The molecule has 2 aromatic rings. The van der Waals surface area contributed by atoms with Crippen molar-refractivity contribution >= 4 is 11.6 Å². The summed E-state index contributed by atoms with van der Waals surface area (Å²) in [7, 11) is 4.00. The SMILES string of the molecule is Cc1ccc(NC(=O)C2(c3ccccc3C(C)C)CC(N(C)C)C2)c(OC(F)F)n1. The zero-order valence-corrected chi connectivity index (χ0v) is 18.1. The number of hydrogen-bond donors (Lipinski definition) is 1. The molecular weight excluding hydrogens is 388 g/mol. The molecule has 30 heavy (non-hydrogen) atoms. The van der Waals surface area contributed by atoms with Crippen LogP contribution in [0.4, 0.5) is 14.5 Å². The number of nitrogens with one attached hydrogen (secondary N) is 1. The molecule has 0 atom stereocenters. The highest BCUT2D eigenvalue weighted by atomic mass is 19.3. The normalized spacial score (nSPS) is 21.1. The average Bonchev–Trinajstić information content (AvgIpc) is 2.62. The van der Waals surface area contributed by atoms with Crippen molar-refractivity contribution in [2.24, 2.45) is 0 Å². The standard InChI is InChI=1S/C23H29F2N3O2/c1-14(2)17-8-6-7-9-18(17)23(12-16(13-23)28(4)5)21(29)27-19-11-10-15(3)26-20(19)30-22(24)25/h6-11,14,16,22H,12-13H2,1-5H3,(H,27,29). The van der Waals surface area contributed by atoms with Gasteiger partial charge in [-0.15, -0.1) is 0 Å². The van der Waals surface area contributed by atoms with Gasteiger partial charge in [-0.05, 0) is 63.0 Å². The Hall–Kier alpha value is -2.54. The van der Waals surface area contributed by atoms with Gasteiger partial charge < -0.3 is 15.0 Å². The van der Waals surface area contributed by atoms with Gasteiger partial charge in [0.2, 0.25) is 11.8 Å². The predicted molar refractivity (Wildman–Crippen MR) is 113 cm³/mol. The first-order valence-corrected chi connectivity index (χ1v) is 10.1. The third kappa shape index (κ3) is 4.31. The van der Waals surface area contributed by atoms with Crippen LogP contribution in [0.1, 0.15) is 49.4 Å². The van der Waals surface area contributed by atoms with E-state index in [1.807, 2.05) is 32.3 Å². The number of ether oxygens (including phenoxy) is 1. The predicted octanol–water partition coefficient (Wildman–Crippen LogP) is 4.72. The fourth-order valence-corrected chi connectivity index (χ4v) is 4.12. The van der Waals surface area contributed by atoms with E-state index >= 15 is 0 Å². The van der Waals surface area contributed by atoms with Crippen molar-refractivity contribution in [1.29, 1.82) is 0 Å². The number of carbonyl (C=O) groups is 1. The molecule has 0 saturated heterocycles. The van der Waals surface area contributed by atoms with E-state index in [-0.39, 0.29) is 29.4 Å². The van der Waals surface area contributed by atoms with Crippen molar-refractivity contribution in [3.05, 3.63) is 53.2 Å². The Labute approximate surface area is 176 Å². The molecule has 5 nitrogen and oxygen atoms in total. The number of hydrogen-bond acceptors (Lipinski definition) is 4. The lowest BCUT2D eigenvalue weighted by atomic mass is 9.59. The van der Waals surface area contributed by atoms with Crippen LogP contribution >= 0.6 is 0 Å². The Balaban J connectivity index is 1.98. The maximum Gasteiger partial charge on any atom is 0.388 e. The summed E-state index contributed by atoms with van der Waals surface area (Å²) >= 11 is 0. The summed E-state index contributed by atoms with van der Waals surface area (Å²) in [5.74, 6) is -0.240. The molecule has 1 amide bonds. The van der Waals surface area contributed by atoms with E-state index in [9.17, 15) is 13.6 Å². The van der Waals surface area contributed by atoms with E-state index in [1.165, 1.54) is 0 Å². The summed E-state index contributed by atoms with van der Waals surface area (Å²) < 4.78 is 30.2. The molecule has 1 aliphatic carbocycles. The molecule has 1 aromatic carbocycles. The van der Waals surface area contributed by atoms with Gasteiger partial charge in [0.25, 0.3) is 0 Å². The van der Waals surface area contributed by atoms with Crippen LogP contribution in [0.15, 0.2) is 36.4 Å². The fraction of sp³-hybridized carbons (Fsp3) is 0.478. The molecule has 1 aliphatic rings. The minimum absolute atomic E-state index is 0.153. The van der Waals surface area contributed by atoms with Crippen molar-refractivity contribution in [1.82, 2.24) is 9.88 Å². The third-order valence-electron chi connectivity index (χ3n) is 5.88. The maximum atomic E-state index is 13.6. The van der Waals surface area contributed by atoms with Gasteiger partial charge in [-0.25, -0.2) is 4.98 Å². The van der Waals surface area contributed by atoms with Gasteiger partial charge in [0, 0.05) is 11.7 Å². The number of nitrogens with zero attached hydrogens (tertiary/aromatic N) is 2. The zero-order chi connectivity index (χ0) is 22.1. The van der Waals surface area contributed by atoms with Crippen LogP contribution in [0.25, 0.3) is 0 Å². The second kappa shape index (κ2) is 8.68. The van der Waals surface area contributed by atoms with E-state index < -0.39 is 12.0 Å². The van der Waals surface area contributed by atoms with Crippen LogP contribution in [-0.4, -0.2) is 42.5 Å². The molecule has 3 rings (SSSR count). The van der Waals surface area contributed by atoms with E-state index in [4.69, 9.17) is 0 Å². The molecule has 1 saturated carbocycles. The highest BCUT2D eigenvalue weighted by Crippen LogP contribution is 2.49. The third-order valence-corrected chi connectivity index (χ3v) is 5.88. The summed E-state index contributed by atoms with van der Waals surface area (Å²) in [5, 5.41) is 2.83. The first-order chi connectivity index (χ1) is 14.1. The van der Waals surface area contributed by atoms with Gasteiger partial charge in [-0.1, -0.05) is 38.1 Å². The van der Waals surface area contributed by atoms with Gasteiger partial charge in [-0.2, -0.15) is 8.78 Å². The molecule has 7 heteroatoms. The van der Waals surface area contributed by atoms with Crippen LogP contribution in [-0.2, 0) is 10.2 Å². The van der Waals surface area contributed by atoms with Gasteiger partial charge in [0.15, 0.2) is 0 Å². The lowest BCUT2D eigenvalue weighted by molar-refractivity contribution is -0.127. The molecule has 1 heterocycles. The number of halogens is 2. The molecule has 0 unspecified atom stereocenters. The molecular formula is C23H29F2N3O2. The quantitative estimate of drug-likeness (QED) is 0.709. The molecule has 0 bridgehead atoms. The maximum absolute atomic E-state index is 13.6. The topological polar surface area (TPSA) is 54.5 Å². The minimum Gasteiger partial charge on any atom is -0.415 e. The monoisotopic (exact) mass is 417 g/mol. The largest absolute Gasteiger partial charge is 0.415 e. The lowest BCUT2D eigenvalue weighted by Gasteiger charge is -2.50. The lowest BCUT2D eigenvalue weighted by Crippen LogP contribution is -2.57. The van der Waals surface area contributed by atoms with Crippen LogP contribution in [0.3, 0.4) is 0 Å². The highest BCUT2D eigenvalue weighted by molar-refractivity contribution is 6.01. The summed E-state index contributed by atoms with van der Waals surface area (Å²) in [6.07, 6.45) is 1.31. The Bertz CT molecular complexity index is 909. The fourth-order valence-electron chi connectivity index (χ4n) is 4.12. The number of aromatic nitrogens is 1. The first kappa shape index (κ1) is 22.2. The van der Waals surface area contributed by atoms with Crippen LogP contribution in [0.5, 0.6) is 5.88 Å². The highest BCUT2D eigenvalue weighted by Gasteiger charge is 2.53. The average molecular weight is 418 g/mol. The number of rotatable bonds is 7. The molecule has 1 fully saturated rings. The van der Waals surface area contributed by atoms with Gasteiger partial charge >= 0.3 is 6.61 Å². The minimum atomic E-state index is -3.02. The van der Waals surface area contributed by atoms with Crippen molar-refractivity contribution in [3.8, 4) is 5.88 Å². The number of pyridine rings is 1. The van der Waals surface area contributed by atoms with Crippen molar-refractivity contribution in [2.45, 2.75) is 57.6 Å². The molecule has 162 valence electrons. The van der Waals surface area contributed by atoms with Gasteiger partial charge in [0.1, 0.15) is 5.69 Å². The molecule has 0 spiro atoms. The smallest absolute Gasteiger partial charge is 0.388 e. The van der Waals surface area contributed by atoms with Crippen molar-refractivity contribution in [2.75, 3.05) is 19.4 Å². The first-order valence-electron chi connectivity index (χ1n) is 10.1. The summed E-state index contributed by atoms with van der Waals surface area (Å²) in [6.45, 7) is 2.86. The van der Waals surface area contributed by atoms with Gasteiger partial charge in [-0.3, -0.25) is 4.79 Å². The van der Waals surface area contributed by atoms with E-state index in [0.29, 0.717) is 18.5 Å². The number of alkyl halides is 2. The number of carbonyl (C=O) groups excluding carboxylic acids is 1. The molecule has 0 radical (unpaired) electrons. The van der Waals surface area contributed by atoms with E-state index in [2.05, 4.69) is 39.9 Å². The summed E-state index contributed by atoms with van der Waals surface area (Å²) in [6, 6.07) is 11.5. The van der Waals surface area contributed by atoms with Crippen LogP contribution in [0.2, 0.25) is 0 Å². The van der Waals surface area contributed by atoms with Crippen LogP contribution in [0, 0.1) is 6.92 Å². The Kier molecular flexibility index (Phi) is 6.41. The van der Waals surface area contributed by atoms with Crippen molar-refractivity contribution in [3.63, 3.8) is 0 Å². The zero-order valence-electron chi connectivity index (χ0n) is 18.1. The summed E-state index contributed by atoms with van der Waals surface area (Å²) in [5.41, 5.74) is 2.06. The van der Waals surface area contributed by atoms with Gasteiger partial charge in [0.05, 0.1) is 5.41 Å². The molecule has 1 aromatic heterocycles. The number of anilines is 1. The van der Waals surface area contributed by atoms with E-state index in [0.717, 1.165) is 11.1 Å². The van der Waals surface area contributed by atoms with E-state index in [1.54, 1.807) is 19.1 Å². The Morgan fingerprint density at radius 1 is 1.20 bits per heavy atom. The second-order valence-corrected chi connectivity index (χ2v) is 8.49. The second-order valence-electron chi connectivity index (χ2n) is 8.49. The molecule has 1 N–H and O–H groups in total. The number of aryl methyl sites for hydroxylation is 1. The number of amides is 1. The van der Waals surface area contributed by atoms with Crippen LogP contribution < -0.4 is 10.1 Å². The summed E-state index contributed by atoms with van der Waals surface area (Å²) in [4.78, 5) is 19.7. The Morgan fingerprint density at radius 2 is 1.87 bits per heavy atom. The Morgan fingerprint density at radius 3 is 2.47 bits per heavy atom. The van der Waals surface area contributed by atoms with Crippen molar-refractivity contribution < 1.29 is 18.3 Å².